The Balaban J connectivity index is 1.76. The van der Waals surface area contributed by atoms with Crippen molar-refractivity contribution < 1.29 is 59.7 Å². The molecule has 0 atom stereocenters. The Hall–Kier alpha value is -4.76. The summed E-state index contributed by atoms with van der Waals surface area (Å²) in [5.74, 6) is -16.0. The molecule has 0 heterocycles. The summed E-state index contributed by atoms with van der Waals surface area (Å²) in [6, 6.07) is 16.7. The second kappa shape index (κ2) is 12.9. The third-order valence-electron chi connectivity index (χ3n) is 6.10. The van der Waals surface area contributed by atoms with E-state index >= 15 is 0 Å². The number of alkyl halides is 7. The number of carbonyl (C=O) groups is 3. The first-order chi connectivity index (χ1) is 20.3. The maximum absolute atomic E-state index is 13.4. The molecule has 0 spiro atoms. The van der Waals surface area contributed by atoms with Crippen LogP contribution in [-0.4, -0.2) is 41.0 Å². The van der Waals surface area contributed by atoms with E-state index in [4.69, 9.17) is 26.0 Å². The minimum Gasteiger partial charge on any atom is -0.478 e. The average Bonchev–Trinajstić information content (AvgIpc) is 2.95. The van der Waals surface area contributed by atoms with Crippen molar-refractivity contribution in [3.05, 3.63) is 101 Å². The molecule has 0 aliphatic carbocycles. The third-order valence-corrected chi connectivity index (χ3v) is 6.10. The Morgan fingerprint density at radius 3 is 2.00 bits per heavy atom. The number of carboxylic acids is 1. The second-order valence-electron chi connectivity index (χ2n) is 9.33. The molecule has 3 aromatic carbocycles. The van der Waals surface area contributed by atoms with Gasteiger partial charge in [0.25, 0.3) is 0 Å². The van der Waals surface area contributed by atoms with Gasteiger partial charge >= 0.3 is 35.9 Å². The monoisotopic (exact) mass is 628 g/mol. The molecular weight excluding hydrogens is 605 g/mol. The Labute approximate surface area is 244 Å². The van der Waals surface area contributed by atoms with Crippen LogP contribution in [0.1, 0.15) is 39.9 Å². The summed E-state index contributed by atoms with van der Waals surface area (Å²) in [6.07, 6.45) is -7.99. The van der Waals surface area contributed by atoms with Crippen molar-refractivity contribution in [3.8, 4) is 11.5 Å². The highest BCUT2D eigenvalue weighted by Gasteiger charge is 2.72. The molecule has 0 radical (unpaired) electrons. The standard InChI is InChI=1S/C29H23F7N2O6/c30-26(31,28(32,33)29(34,35)36)15-14-24(41)43-20-10-8-18(9-11-20)25(42)44-22-12-6-17(7-13-23(39)40)16-21(22)27(37,38)19-4-2-1-3-5-19/h1-13,16H,14-15,37-38H2,(H,39,40). The fourth-order valence-corrected chi connectivity index (χ4v) is 3.72. The number of aliphatic carboxylic acids is 1. The van der Waals surface area contributed by atoms with Crippen molar-refractivity contribution in [2.45, 2.75) is 36.5 Å². The minimum absolute atomic E-state index is 0.0941. The molecule has 3 aromatic rings. The number of esters is 2. The van der Waals surface area contributed by atoms with Gasteiger partial charge < -0.3 is 26.0 Å². The zero-order chi connectivity index (χ0) is 32.9. The van der Waals surface area contributed by atoms with Gasteiger partial charge in [-0.15, -0.1) is 0 Å². The molecular formula is C29H23F7N2O6. The van der Waals surface area contributed by atoms with Gasteiger partial charge in [-0.05, 0) is 53.6 Å². The van der Waals surface area contributed by atoms with Gasteiger partial charge in [-0.2, -0.15) is 30.7 Å². The fourth-order valence-electron chi connectivity index (χ4n) is 3.72. The summed E-state index contributed by atoms with van der Waals surface area (Å²) >= 11 is 0. The molecule has 0 amide bonds. The van der Waals surface area contributed by atoms with Crippen LogP contribution in [0.15, 0.2) is 78.9 Å². The van der Waals surface area contributed by atoms with E-state index in [9.17, 15) is 45.1 Å². The van der Waals surface area contributed by atoms with Crippen molar-refractivity contribution in [2.75, 3.05) is 0 Å². The Bertz CT molecular complexity index is 1540. The molecule has 15 heteroatoms. The van der Waals surface area contributed by atoms with Crippen LogP contribution in [0.4, 0.5) is 30.7 Å². The van der Waals surface area contributed by atoms with Gasteiger partial charge in [-0.25, -0.2) is 9.59 Å². The molecule has 44 heavy (non-hydrogen) atoms. The smallest absolute Gasteiger partial charge is 0.459 e. The number of halogens is 7. The fraction of sp³-hybridized carbons (Fsp3) is 0.207. The largest absolute Gasteiger partial charge is 0.478 e. The number of rotatable bonds is 11. The molecule has 0 bridgehead atoms. The van der Waals surface area contributed by atoms with E-state index in [0.29, 0.717) is 11.1 Å². The molecule has 3 rings (SSSR count). The molecule has 0 aromatic heterocycles. The lowest BCUT2D eigenvalue weighted by molar-refractivity contribution is -0.355. The van der Waals surface area contributed by atoms with Crippen LogP contribution in [0.5, 0.6) is 11.5 Å². The Kier molecular flexibility index (Phi) is 9.85. The number of benzene rings is 3. The number of carboxylic acid groups (broad SMARTS) is 1. The summed E-state index contributed by atoms with van der Waals surface area (Å²) in [5, 5.41) is 8.94. The molecule has 0 saturated carbocycles. The summed E-state index contributed by atoms with van der Waals surface area (Å²) in [6.45, 7) is 0. The van der Waals surface area contributed by atoms with E-state index in [-0.39, 0.29) is 22.6 Å². The Morgan fingerprint density at radius 1 is 0.818 bits per heavy atom. The highest BCUT2D eigenvalue weighted by Crippen LogP contribution is 2.48. The van der Waals surface area contributed by atoms with Gasteiger partial charge in [0.05, 0.1) is 12.0 Å². The van der Waals surface area contributed by atoms with Crippen molar-refractivity contribution >= 4 is 24.0 Å². The van der Waals surface area contributed by atoms with E-state index in [1.807, 2.05) is 0 Å². The number of carbonyl (C=O) groups excluding carboxylic acids is 2. The summed E-state index contributed by atoms with van der Waals surface area (Å²) < 4.78 is 99.8. The number of hydrogen-bond donors (Lipinski definition) is 3. The lowest BCUT2D eigenvalue weighted by atomic mass is 9.91. The van der Waals surface area contributed by atoms with Gasteiger partial charge in [0.15, 0.2) is 0 Å². The third kappa shape index (κ3) is 7.79. The SMILES string of the molecule is NC(N)(c1ccccc1)c1cc(C=CC(=O)O)ccc1OC(=O)c1ccc(OC(=O)CCC(F)(F)C(F)(F)C(F)(F)F)cc1. The Morgan fingerprint density at radius 2 is 1.43 bits per heavy atom. The predicted octanol–water partition coefficient (Wildman–Crippen LogP) is 5.64. The molecule has 0 aliphatic heterocycles. The number of nitrogens with two attached hydrogens (primary N) is 2. The van der Waals surface area contributed by atoms with Crippen molar-refractivity contribution in [3.63, 3.8) is 0 Å². The molecule has 0 unspecified atom stereocenters. The van der Waals surface area contributed by atoms with Crippen LogP contribution in [0, 0.1) is 0 Å². The van der Waals surface area contributed by atoms with Crippen LogP contribution in [0.3, 0.4) is 0 Å². The molecule has 5 N–H and O–H groups in total. The van der Waals surface area contributed by atoms with E-state index in [2.05, 4.69) is 0 Å². The molecule has 234 valence electrons. The topological polar surface area (TPSA) is 142 Å². The predicted molar refractivity (Wildman–Crippen MR) is 141 cm³/mol. The normalized spacial score (nSPS) is 12.7. The first kappa shape index (κ1) is 33.7. The van der Waals surface area contributed by atoms with Crippen LogP contribution in [0.2, 0.25) is 0 Å². The number of ether oxygens (including phenoxy) is 2. The molecule has 0 saturated heterocycles. The number of hydrogen-bond acceptors (Lipinski definition) is 7. The summed E-state index contributed by atoms with van der Waals surface area (Å²) in [7, 11) is 0. The van der Waals surface area contributed by atoms with Crippen molar-refractivity contribution in [2.24, 2.45) is 11.5 Å². The zero-order valence-electron chi connectivity index (χ0n) is 22.3. The molecule has 0 fully saturated rings. The van der Waals surface area contributed by atoms with E-state index in [0.717, 1.165) is 30.3 Å². The van der Waals surface area contributed by atoms with Crippen LogP contribution in [-0.2, 0) is 15.3 Å². The summed E-state index contributed by atoms with van der Waals surface area (Å²) in [4.78, 5) is 35.7. The van der Waals surface area contributed by atoms with Gasteiger partial charge in [0.1, 0.15) is 17.2 Å². The summed E-state index contributed by atoms with van der Waals surface area (Å²) in [5.41, 5.74) is 11.9. The first-order valence-electron chi connectivity index (χ1n) is 12.4. The van der Waals surface area contributed by atoms with E-state index in [1.54, 1.807) is 30.3 Å². The van der Waals surface area contributed by atoms with Gasteiger partial charge in [0, 0.05) is 18.1 Å². The highest BCUT2D eigenvalue weighted by molar-refractivity contribution is 5.91. The van der Waals surface area contributed by atoms with Crippen LogP contribution < -0.4 is 20.9 Å². The van der Waals surface area contributed by atoms with Gasteiger partial charge in [0.2, 0.25) is 0 Å². The van der Waals surface area contributed by atoms with Crippen LogP contribution in [0.25, 0.3) is 6.08 Å². The first-order valence-corrected chi connectivity index (χ1v) is 12.4. The molecule has 0 aliphatic rings. The van der Waals surface area contributed by atoms with Crippen molar-refractivity contribution in [1.82, 2.24) is 0 Å². The lowest BCUT2D eigenvalue weighted by Crippen LogP contribution is -2.52. The maximum Gasteiger partial charge on any atom is 0.459 e. The minimum atomic E-state index is -6.53. The van der Waals surface area contributed by atoms with Crippen molar-refractivity contribution in [1.29, 1.82) is 0 Å². The zero-order valence-corrected chi connectivity index (χ0v) is 22.3. The highest BCUT2D eigenvalue weighted by atomic mass is 19.4. The average molecular weight is 628 g/mol. The van der Waals surface area contributed by atoms with E-state index < -0.39 is 54.4 Å². The van der Waals surface area contributed by atoms with Gasteiger partial charge in [-0.1, -0.05) is 36.4 Å². The van der Waals surface area contributed by atoms with E-state index in [1.165, 1.54) is 24.3 Å². The van der Waals surface area contributed by atoms with Gasteiger partial charge in [-0.3, -0.25) is 4.79 Å². The second-order valence-corrected chi connectivity index (χ2v) is 9.33. The molecule has 8 nitrogen and oxygen atoms in total. The quantitative estimate of drug-likeness (QED) is 0.0815. The van der Waals surface area contributed by atoms with Crippen LogP contribution >= 0.6 is 0 Å². The lowest BCUT2D eigenvalue weighted by Gasteiger charge is -2.28. The maximum atomic E-state index is 13.4.